The third-order valence-corrected chi connectivity index (χ3v) is 3.68. The lowest BCUT2D eigenvalue weighted by molar-refractivity contribution is -0.144. The molecule has 6 heteroatoms. The third-order valence-electron chi connectivity index (χ3n) is 3.68. The number of benzene rings is 1. The molecular weight excluding hydrogens is 266 g/mol. The zero-order chi connectivity index (χ0) is 14.9. The fourth-order valence-corrected chi connectivity index (χ4v) is 2.67. The molecule has 0 amide bonds. The Labute approximate surface area is 116 Å². The molecule has 0 bridgehead atoms. The van der Waals surface area contributed by atoms with E-state index in [1.165, 1.54) is 17.9 Å². The van der Waals surface area contributed by atoms with Crippen molar-refractivity contribution in [3.8, 4) is 0 Å². The molecule has 1 aliphatic rings. The van der Waals surface area contributed by atoms with Gasteiger partial charge in [0.1, 0.15) is 17.7 Å². The van der Waals surface area contributed by atoms with E-state index in [1.54, 1.807) is 0 Å². The predicted octanol–water partition coefficient (Wildman–Crippen LogP) is 1.82. The first kappa shape index (κ1) is 14.9. The molecule has 2 atom stereocenters. The maximum Gasteiger partial charge on any atom is 0.325 e. The van der Waals surface area contributed by atoms with Crippen molar-refractivity contribution < 1.29 is 18.7 Å². The first-order chi connectivity index (χ1) is 9.41. The van der Waals surface area contributed by atoms with Crippen molar-refractivity contribution in [1.29, 1.82) is 0 Å². The van der Waals surface area contributed by atoms with E-state index in [0.717, 1.165) is 18.9 Å². The van der Waals surface area contributed by atoms with Crippen LogP contribution in [0.3, 0.4) is 0 Å². The number of nitrogens with two attached hydrogens (primary N) is 1. The van der Waals surface area contributed by atoms with E-state index in [4.69, 9.17) is 5.73 Å². The lowest BCUT2D eigenvalue weighted by Crippen LogP contribution is -2.47. The number of aryl methyl sites for hydroxylation is 1. The van der Waals surface area contributed by atoms with Gasteiger partial charge in [-0.1, -0.05) is 6.07 Å². The van der Waals surface area contributed by atoms with Gasteiger partial charge in [0.25, 0.3) is 0 Å². The van der Waals surface area contributed by atoms with Crippen LogP contribution in [0.2, 0.25) is 0 Å². The fourth-order valence-electron chi connectivity index (χ4n) is 2.67. The minimum atomic E-state index is -1.33. The molecule has 1 fully saturated rings. The number of hydrogen-bond donors (Lipinski definition) is 2. The van der Waals surface area contributed by atoms with Crippen LogP contribution in [0.25, 0.3) is 0 Å². The van der Waals surface area contributed by atoms with Crippen LogP contribution in [0.15, 0.2) is 12.1 Å². The van der Waals surface area contributed by atoms with Crippen molar-refractivity contribution in [2.75, 3.05) is 13.1 Å². The molecule has 2 rings (SSSR count). The van der Waals surface area contributed by atoms with Gasteiger partial charge in [-0.25, -0.2) is 8.78 Å². The van der Waals surface area contributed by atoms with Crippen LogP contribution in [0.1, 0.15) is 30.0 Å². The molecule has 1 unspecified atom stereocenters. The van der Waals surface area contributed by atoms with Gasteiger partial charge in [-0.2, -0.15) is 0 Å². The Kier molecular flexibility index (Phi) is 4.35. The summed E-state index contributed by atoms with van der Waals surface area (Å²) < 4.78 is 28.1. The summed E-state index contributed by atoms with van der Waals surface area (Å²) in [7, 11) is 0. The lowest BCUT2D eigenvalue weighted by atomic mass is 9.97. The molecule has 1 aromatic carbocycles. The van der Waals surface area contributed by atoms with Crippen LogP contribution in [0, 0.1) is 18.6 Å². The molecule has 110 valence electrons. The molecular formula is C14H18F2N2O2. The Balaban J connectivity index is 2.44. The van der Waals surface area contributed by atoms with Gasteiger partial charge in [0, 0.05) is 12.6 Å². The first-order valence-corrected chi connectivity index (χ1v) is 6.58. The second-order valence-electron chi connectivity index (χ2n) is 5.23. The minimum Gasteiger partial charge on any atom is -0.480 e. The van der Waals surface area contributed by atoms with E-state index in [2.05, 4.69) is 0 Å². The molecule has 4 nitrogen and oxygen atoms in total. The summed E-state index contributed by atoms with van der Waals surface area (Å²) >= 11 is 0. The molecule has 0 aliphatic carbocycles. The van der Waals surface area contributed by atoms with Crippen molar-refractivity contribution in [2.24, 2.45) is 5.73 Å². The highest BCUT2D eigenvalue weighted by Gasteiger charge is 2.35. The van der Waals surface area contributed by atoms with E-state index >= 15 is 0 Å². The quantitative estimate of drug-likeness (QED) is 0.888. The number of halogens is 2. The van der Waals surface area contributed by atoms with E-state index in [0.29, 0.717) is 13.1 Å². The Hall–Kier alpha value is -1.53. The summed E-state index contributed by atoms with van der Waals surface area (Å²) in [6.07, 6.45) is 1.52. The molecule has 1 heterocycles. The van der Waals surface area contributed by atoms with Gasteiger partial charge in [-0.3, -0.25) is 9.69 Å². The van der Waals surface area contributed by atoms with Crippen LogP contribution >= 0.6 is 0 Å². The molecule has 0 saturated carbocycles. The Morgan fingerprint density at radius 2 is 2.20 bits per heavy atom. The average Bonchev–Trinajstić information content (AvgIpc) is 2.38. The third kappa shape index (κ3) is 2.81. The van der Waals surface area contributed by atoms with E-state index in [1.807, 2.05) is 0 Å². The highest BCUT2D eigenvalue weighted by Crippen LogP contribution is 2.30. The number of likely N-dealkylation sites (tertiary alicyclic amines) is 1. The average molecular weight is 284 g/mol. The van der Waals surface area contributed by atoms with Gasteiger partial charge in [-0.15, -0.1) is 0 Å². The van der Waals surface area contributed by atoms with Gasteiger partial charge in [0.2, 0.25) is 0 Å². The van der Waals surface area contributed by atoms with Crippen molar-refractivity contribution >= 4 is 5.97 Å². The van der Waals surface area contributed by atoms with Crippen LogP contribution < -0.4 is 5.73 Å². The molecule has 3 N–H and O–H groups in total. The molecule has 20 heavy (non-hydrogen) atoms. The molecule has 0 radical (unpaired) electrons. The van der Waals surface area contributed by atoms with Gasteiger partial charge < -0.3 is 10.8 Å². The number of nitrogens with zero attached hydrogens (tertiary/aromatic N) is 1. The van der Waals surface area contributed by atoms with Gasteiger partial charge in [-0.05, 0) is 37.9 Å². The van der Waals surface area contributed by atoms with Gasteiger partial charge >= 0.3 is 5.97 Å². The van der Waals surface area contributed by atoms with Crippen LogP contribution in [-0.2, 0) is 4.79 Å². The first-order valence-electron chi connectivity index (χ1n) is 6.58. The number of carboxylic acids is 1. The second kappa shape index (κ2) is 5.85. The van der Waals surface area contributed by atoms with E-state index in [-0.39, 0.29) is 11.6 Å². The number of rotatable bonds is 3. The largest absolute Gasteiger partial charge is 0.480 e. The zero-order valence-corrected chi connectivity index (χ0v) is 11.3. The number of carboxylic acid groups (broad SMARTS) is 1. The summed E-state index contributed by atoms with van der Waals surface area (Å²) in [4.78, 5) is 13.0. The van der Waals surface area contributed by atoms with Crippen LogP contribution in [0.4, 0.5) is 8.78 Å². The standard InChI is InChI=1S/C14H18F2N2O2/c1-8-4-5-10(15)11(12(8)16)13(14(19)20)18-6-2-3-9(17)7-18/h4-5,9,13H,2-3,6-7,17H2,1H3,(H,19,20)/t9-,13?/m1/s1. The van der Waals surface area contributed by atoms with Crippen LogP contribution in [0.5, 0.6) is 0 Å². The second-order valence-corrected chi connectivity index (χ2v) is 5.23. The summed E-state index contributed by atoms with van der Waals surface area (Å²) in [6, 6.07) is 0.908. The topological polar surface area (TPSA) is 66.6 Å². The summed E-state index contributed by atoms with van der Waals surface area (Å²) in [5.74, 6) is -2.89. The Bertz CT molecular complexity index is 522. The van der Waals surface area contributed by atoms with Crippen molar-refractivity contribution in [2.45, 2.75) is 31.8 Å². The molecule has 1 aliphatic heterocycles. The summed E-state index contributed by atoms with van der Waals surface area (Å²) in [5.41, 5.74) is 5.66. The van der Waals surface area contributed by atoms with E-state index < -0.39 is 29.2 Å². The number of aliphatic carboxylic acids is 1. The number of carbonyl (C=O) groups is 1. The van der Waals surface area contributed by atoms with Gasteiger partial charge in [0.15, 0.2) is 0 Å². The highest BCUT2D eigenvalue weighted by molar-refractivity contribution is 5.76. The summed E-state index contributed by atoms with van der Waals surface area (Å²) in [6.45, 7) is 2.28. The number of hydrogen-bond acceptors (Lipinski definition) is 3. The van der Waals surface area contributed by atoms with Crippen molar-refractivity contribution in [1.82, 2.24) is 4.90 Å². The fraction of sp³-hybridized carbons (Fsp3) is 0.500. The highest BCUT2D eigenvalue weighted by atomic mass is 19.1. The molecule has 1 aromatic rings. The normalized spacial score (nSPS) is 21.7. The Morgan fingerprint density at radius 3 is 2.80 bits per heavy atom. The molecule has 0 aromatic heterocycles. The SMILES string of the molecule is Cc1ccc(F)c(C(C(=O)O)N2CCC[C@@H](N)C2)c1F. The zero-order valence-electron chi connectivity index (χ0n) is 11.3. The van der Waals surface area contributed by atoms with Crippen LogP contribution in [-0.4, -0.2) is 35.1 Å². The Morgan fingerprint density at radius 1 is 1.50 bits per heavy atom. The van der Waals surface area contributed by atoms with E-state index in [9.17, 15) is 18.7 Å². The smallest absolute Gasteiger partial charge is 0.325 e. The predicted molar refractivity (Wildman–Crippen MR) is 70.3 cm³/mol. The maximum atomic E-state index is 14.2. The van der Waals surface area contributed by atoms with Gasteiger partial charge in [0.05, 0.1) is 5.56 Å². The number of piperidine rings is 1. The van der Waals surface area contributed by atoms with Crippen molar-refractivity contribution in [3.63, 3.8) is 0 Å². The minimum absolute atomic E-state index is 0.165. The molecule has 1 saturated heterocycles. The monoisotopic (exact) mass is 284 g/mol. The maximum absolute atomic E-state index is 14.2. The molecule has 0 spiro atoms. The lowest BCUT2D eigenvalue weighted by Gasteiger charge is -2.35. The van der Waals surface area contributed by atoms with Crippen molar-refractivity contribution in [3.05, 3.63) is 34.9 Å². The summed E-state index contributed by atoms with van der Waals surface area (Å²) in [5, 5.41) is 9.39.